The fraction of sp³-hybridized carbons (Fsp3) is 0.684. The molecule has 2 heteroatoms. The van der Waals surface area contributed by atoms with Gasteiger partial charge in [0.25, 0.3) is 0 Å². The summed E-state index contributed by atoms with van der Waals surface area (Å²) in [6.45, 7) is 3.88. The average Bonchev–Trinajstić information content (AvgIpc) is 3.31. The lowest BCUT2D eigenvalue weighted by atomic mass is 9.59. The number of fused-ring (bicyclic) bond motifs is 1. The van der Waals surface area contributed by atoms with Gasteiger partial charge in [-0.25, -0.2) is 0 Å². The van der Waals surface area contributed by atoms with Gasteiger partial charge in [0, 0.05) is 18.5 Å². The van der Waals surface area contributed by atoms with Gasteiger partial charge in [0.2, 0.25) is 0 Å². The molecule has 1 aromatic rings. The van der Waals surface area contributed by atoms with Gasteiger partial charge in [-0.2, -0.15) is 0 Å². The fourth-order valence-electron chi connectivity index (χ4n) is 4.84. The normalized spacial score (nSPS) is 33.6. The number of piperidine rings is 1. The van der Waals surface area contributed by atoms with Crippen LogP contribution >= 0.6 is 0 Å². The second-order valence-corrected chi connectivity index (χ2v) is 7.60. The molecule has 1 aromatic carbocycles. The number of rotatable bonds is 3. The van der Waals surface area contributed by atoms with Gasteiger partial charge in [0.05, 0.1) is 0 Å². The monoisotopic (exact) mass is 285 g/mol. The standard InChI is InChI=1S/C19H27NO/c21-18-6-3-5-16(12-18)19-9-2-1-4-17(19)14-20(11-10-19)13-15-7-8-15/h3,5-6,12,15,17,21H,1-2,4,7-11,13-14H2/t17-,19+/m0/s1. The van der Waals surface area contributed by atoms with Crippen LogP contribution in [-0.2, 0) is 5.41 Å². The topological polar surface area (TPSA) is 23.5 Å². The van der Waals surface area contributed by atoms with Gasteiger partial charge in [-0.05, 0) is 68.2 Å². The molecule has 0 aromatic heterocycles. The number of nitrogens with zero attached hydrogens (tertiary/aromatic N) is 1. The zero-order chi connectivity index (χ0) is 14.3. The van der Waals surface area contributed by atoms with Crippen molar-refractivity contribution in [3.8, 4) is 5.75 Å². The maximum Gasteiger partial charge on any atom is 0.115 e. The maximum absolute atomic E-state index is 9.90. The Morgan fingerprint density at radius 3 is 2.86 bits per heavy atom. The molecule has 2 aliphatic carbocycles. The summed E-state index contributed by atoms with van der Waals surface area (Å²) in [7, 11) is 0. The lowest BCUT2D eigenvalue weighted by Gasteiger charge is -2.51. The minimum absolute atomic E-state index is 0.344. The highest BCUT2D eigenvalue weighted by molar-refractivity contribution is 5.35. The van der Waals surface area contributed by atoms with Crippen molar-refractivity contribution in [2.45, 2.75) is 50.4 Å². The number of phenols is 1. The molecular formula is C19H27NO. The third-order valence-corrected chi connectivity index (χ3v) is 6.19. The van der Waals surface area contributed by atoms with Gasteiger partial charge < -0.3 is 10.0 Å². The van der Waals surface area contributed by atoms with Crippen LogP contribution in [0.25, 0.3) is 0 Å². The predicted molar refractivity (Wildman–Crippen MR) is 85.5 cm³/mol. The van der Waals surface area contributed by atoms with Gasteiger partial charge in [-0.1, -0.05) is 25.0 Å². The molecular weight excluding hydrogens is 258 g/mol. The Balaban J connectivity index is 1.59. The molecule has 2 atom stereocenters. The van der Waals surface area contributed by atoms with E-state index in [0.717, 1.165) is 11.8 Å². The van der Waals surface area contributed by atoms with Crippen LogP contribution in [0.15, 0.2) is 24.3 Å². The van der Waals surface area contributed by atoms with Crippen LogP contribution in [0, 0.1) is 11.8 Å². The number of benzene rings is 1. The molecule has 0 spiro atoms. The van der Waals surface area contributed by atoms with Crippen molar-refractivity contribution in [3.63, 3.8) is 0 Å². The van der Waals surface area contributed by atoms with Crippen LogP contribution in [-0.4, -0.2) is 29.6 Å². The van der Waals surface area contributed by atoms with Crippen LogP contribution < -0.4 is 0 Å². The number of aromatic hydroxyl groups is 1. The van der Waals surface area contributed by atoms with E-state index in [1.54, 1.807) is 6.07 Å². The Hall–Kier alpha value is -1.02. The third-order valence-electron chi connectivity index (χ3n) is 6.19. The summed E-state index contributed by atoms with van der Waals surface area (Å²) in [5.74, 6) is 2.23. The summed E-state index contributed by atoms with van der Waals surface area (Å²) in [5.41, 5.74) is 1.75. The Morgan fingerprint density at radius 1 is 1.14 bits per heavy atom. The molecule has 114 valence electrons. The number of hydrogen-bond acceptors (Lipinski definition) is 2. The SMILES string of the molecule is Oc1cccc([C@]23CCCC[C@H]2CN(CC2CC2)CC3)c1. The zero-order valence-corrected chi connectivity index (χ0v) is 12.9. The lowest BCUT2D eigenvalue weighted by Crippen LogP contribution is -2.51. The van der Waals surface area contributed by atoms with E-state index >= 15 is 0 Å². The molecule has 21 heavy (non-hydrogen) atoms. The maximum atomic E-state index is 9.90. The lowest BCUT2D eigenvalue weighted by molar-refractivity contribution is 0.0537. The van der Waals surface area contributed by atoms with Crippen molar-refractivity contribution < 1.29 is 5.11 Å². The number of likely N-dealkylation sites (tertiary alicyclic amines) is 1. The second kappa shape index (κ2) is 5.31. The van der Waals surface area contributed by atoms with Crippen molar-refractivity contribution >= 4 is 0 Å². The summed E-state index contributed by atoms with van der Waals surface area (Å²) in [4.78, 5) is 2.73. The molecule has 3 fully saturated rings. The van der Waals surface area contributed by atoms with Crippen LogP contribution in [0.2, 0.25) is 0 Å². The fourth-order valence-corrected chi connectivity index (χ4v) is 4.84. The molecule has 1 heterocycles. The summed E-state index contributed by atoms with van der Waals surface area (Å²) >= 11 is 0. The molecule has 0 unspecified atom stereocenters. The highest BCUT2D eigenvalue weighted by Crippen LogP contribution is 2.49. The first-order valence-electron chi connectivity index (χ1n) is 8.78. The van der Waals surface area contributed by atoms with Gasteiger partial charge in [0.15, 0.2) is 0 Å². The summed E-state index contributed by atoms with van der Waals surface area (Å²) in [5, 5.41) is 9.90. The predicted octanol–water partition coefficient (Wildman–Crippen LogP) is 3.94. The first-order valence-corrected chi connectivity index (χ1v) is 8.78. The molecule has 0 radical (unpaired) electrons. The van der Waals surface area contributed by atoms with Crippen molar-refractivity contribution in [2.24, 2.45) is 11.8 Å². The van der Waals surface area contributed by atoms with E-state index in [1.807, 2.05) is 12.1 Å². The molecule has 1 saturated heterocycles. The average molecular weight is 285 g/mol. The smallest absolute Gasteiger partial charge is 0.115 e. The molecule has 1 N–H and O–H groups in total. The molecule has 2 saturated carbocycles. The van der Waals surface area contributed by atoms with Crippen LogP contribution in [0.1, 0.15) is 50.5 Å². The van der Waals surface area contributed by atoms with Crippen LogP contribution in [0.5, 0.6) is 5.75 Å². The first-order chi connectivity index (χ1) is 10.3. The van der Waals surface area contributed by atoms with E-state index in [4.69, 9.17) is 0 Å². The highest BCUT2D eigenvalue weighted by atomic mass is 16.3. The van der Waals surface area contributed by atoms with Gasteiger partial charge in [-0.3, -0.25) is 0 Å². The van der Waals surface area contributed by atoms with Crippen molar-refractivity contribution in [2.75, 3.05) is 19.6 Å². The molecule has 1 aliphatic heterocycles. The molecule has 4 rings (SSSR count). The number of phenolic OH excluding ortho intramolecular Hbond substituents is 1. The van der Waals surface area contributed by atoms with Crippen molar-refractivity contribution in [3.05, 3.63) is 29.8 Å². The quantitative estimate of drug-likeness (QED) is 0.909. The second-order valence-electron chi connectivity index (χ2n) is 7.60. The third kappa shape index (κ3) is 2.59. The molecule has 0 amide bonds. The van der Waals surface area contributed by atoms with E-state index < -0.39 is 0 Å². The Kier molecular flexibility index (Phi) is 3.45. The van der Waals surface area contributed by atoms with E-state index in [-0.39, 0.29) is 0 Å². The minimum atomic E-state index is 0.344. The van der Waals surface area contributed by atoms with Crippen LogP contribution in [0.4, 0.5) is 0 Å². The molecule has 0 bridgehead atoms. The first kappa shape index (κ1) is 13.6. The zero-order valence-electron chi connectivity index (χ0n) is 12.9. The van der Waals surface area contributed by atoms with Gasteiger partial charge in [0.1, 0.15) is 5.75 Å². The van der Waals surface area contributed by atoms with Crippen molar-refractivity contribution in [1.82, 2.24) is 4.90 Å². The highest BCUT2D eigenvalue weighted by Gasteiger charge is 2.45. The largest absolute Gasteiger partial charge is 0.508 e. The van der Waals surface area contributed by atoms with E-state index in [2.05, 4.69) is 11.0 Å². The summed E-state index contributed by atoms with van der Waals surface area (Å²) in [6, 6.07) is 8.13. The number of hydrogen-bond donors (Lipinski definition) is 1. The minimum Gasteiger partial charge on any atom is -0.508 e. The van der Waals surface area contributed by atoms with E-state index in [1.165, 1.54) is 70.1 Å². The summed E-state index contributed by atoms with van der Waals surface area (Å²) < 4.78 is 0. The van der Waals surface area contributed by atoms with Gasteiger partial charge in [-0.15, -0.1) is 0 Å². The Bertz CT molecular complexity index is 510. The molecule has 2 nitrogen and oxygen atoms in total. The van der Waals surface area contributed by atoms with E-state index in [0.29, 0.717) is 11.2 Å². The Labute approximate surface area is 128 Å². The van der Waals surface area contributed by atoms with Gasteiger partial charge >= 0.3 is 0 Å². The Morgan fingerprint density at radius 2 is 2.05 bits per heavy atom. The molecule has 3 aliphatic rings. The van der Waals surface area contributed by atoms with E-state index in [9.17, 15) is 5.11 Å². The van der Waals surface area contributed by atoms with Crippen LogP contribution in [0.3, 0.4) is 0 Å². The van der Waals surface area contributed by atoms with Crippen molar-refractivity contribution in [1.29, 1.82) is 0 Å². The summed E-state index contributed by atoms with van der Waals surface area (Å²) in [6.07, 6.45) is 9.64.